The topological polar surface area (TPSA) is 38.8 Å². The summed E-state index contributed by atoms with van der Waals surface area (Å²) in [6.07, 6.45) is 2.67. The molecule has 2 aromatic rings. The summed E-state index contributed by atoms with van der Waals surface area (Å²) in [7, 11) is 0. The molecule has 1 fully saturated rings. The molecular weight excluding hydrogens is 402 g/mol. The van der Waals surface area contributed by atoms with Crippen LogP contribution in [0.1, 0.15) is 30.0 Å². The Balaban J connectivity index is 1.45. The lowest BCUT2D eigenvalue weighted by Gasteiger charge is -2.10. The summed E-state index contributed by atoms with van der Waals surface area (Å²) in [5, 5.41) is 0. The van der Waals surface area contributed by atoms with Gasteiger partial charge in [0.1, 0.15) is 15.8 Å². The average molecular weight is 428 g/mol. The molecule has 1 aliphatic heterocycles. The second-order valence-electron chi connectivity index (χ2n) is 6.87. The summed E-state index contributed by atoms with van der Waals surface area (Å²) in [6, 6.07) is 13.9. The normalized spacial score (nSPS) is 15.3. The van der Waals surface area contributed by atoms with Crippen LogP contribution in [0.2, 0.25) is 0 Å². The van der Waals surface area contributed by atoms with Crippen molar-refractivity contribution < 1.29 is 14.3 Å². The van der Waals surface area contributed by atoms with Crippen LogP contribution in [0.25, 0.3) is 6.08 Å². The first-order valence-electron chi connectivity index (χ1n) is 9.65. The maximum atomic E-state index is 12.3. The minimum Gasteiger partial charge on any atom is -0.493 e. The Morgan fingerprint density at radius 2 is 1.62 bits per heavy atom. The van der Waals surface area contributed by atoms with Gasteiger partial charge in [-0.25, -0.2) is 0 Å². The highest BCUT2D eigenvalue weighted by Crippen LogP contribution is 2.32. The molecule has 0 aliphatic carbocycles. The number of ether oxygens (including phenoxy) is 2. The summed E-state index contributed by atoms with van der Waals surface area (Å²) in [6.45, 7) is 7.85. The molecule has 0 aromatic heterocycles. The van der Waals surface area contributed by atoms with Crippen molar-refractivity contribution in [3.05, 3.63) is 64.1 Å². The zero-order valence-corrected chi connectivity index (χ0v) is 18.6. The minimum absolute atomic E-state index is 0.0216. The maximum Gasteiger partial charge on any atom is 0.266 e. The average Bonchev–Trinajstić information content (AvgIpc) is 2.94. The van der Waals surface area contributed by atoms with Crippen molar-refractivity contribution in [1.29, 1.82) is 0 Å². The van der Waals surface area contributed by atoms with E-state index in [0.717, 1.165) is 23.5 Å². The summed E-state index contributed by atoms with van der Waals surface area (Å²) in [5.41, 5.74) is 3.36. The summed E-state index contributed by atoms with van der Waals surface area (Å²) < 4.78 is 12.2. The second-order valence-corrected chi connectivity index (χ2v) is 8.54. The first kappa shape index (κ1) is 21.4. The van der Waals surface area contributed by atoms with Crippen molar-refractivity contribution in [3.8, 4) is 11.5 Å². The van der Waals surface area contributed by atoms with Gasteiger partial charge in [-0.3, -0.25) is 9.69 Å². The molecule has 0 bridgehead atoms. The second kappa shape index (κ2) is 9.94. The Labute approximate surface area is 181 Å². The fourth-order valence-electron chi connectivity index (χ4n) is 3.04. The van der Waals surface area contributed by atoms with Crippen LogP contribution in [0.4, 0.5) is 0 Å². The molecule has 1 saturated heterocycles. The van der Waals surface area contributed by atoms with Crippen molar-refractivity contribution in [2.75, 3.05) is 19.8 Å². The molecule has 2 aromatic carbocycles. The summed E-state index contributed by atoms with van der Waals surface area (Å²) in [5.74, 6) is 1.68. The van der Waals surface area contributed by atoms with Crippen molar-refractivity contribution in [1.82, 2.24) is 4.90 Å². The Hall–Kier alpha value is -2.31. The number of likely N-dealkylation sites (N-methyl/N-ethyl adjacent to an activating group) is 1. The van der Waals surface area contributed by atoms with Crippen molar-refractivity contribution in [2.24, 2.45) is 0 Å². The van der Waals surface area contributed by atoms with E-state index < -0.39 is 0 Å². The molecule has 4 nitrogen and oxygen atoms in total. The van der Waals surface area contributed by atoms with E-state index >= 15 is 0 Å². The highest BCUT2D eigenvalue weighted by atomic mass is 32.2. The lowest BCUT2D eigenvalue weighted by atomic mass is 10.1. The zero-order chi connectivity index (χ0) is 20.8. The molecule has 1 amide bonds. The SMILES string of the molecule is CCN1C(=O)/C(=C\c2ccc(OCCCOc3cc(C)cc(C)c3)cc2)SC1=S. The molecule has 1 heterocycles. The van der Waals surface area contributed by atoms with Gasteiger partial charge in [-0.15, -0.1) is 0 Å². The van der Waals surface area contributed by atoms with Gasteiger partial charge in [0, 0.05) is 13.0 Å². The van der Waals surface area contributed by atoms with E-state index in [1.807, 2.05) is 49.4 Å². The van der Waals surface area contributed by atoms with E-state index in [-0.39, 0.29) is 5.91 Å². The molecule has 29 heavy (non-hydrogen) atoms. The predicted molar refractivity (Wildman–Crippen MR) is 124 cm³/mol. The number of benzene rings is 2. The third-order valence-electron chi connectivity index (χ3n) is 4.39. The van der Waals surface area contributed by atoms with Gasteiger partial charge in [-0.2, -0.15) is 0 Å². The van der Waals surface area contributed by atoms with Gasteiger partial charge >= 0.3 is 0 Å². The standard InChI is InChI=1S/C23H25NO3S2/c1-4-24-22(25)21(29-23(24)28)15-18-6-8-19(9-7-18)26-10-5-11-27-20-13-16(2)12-17(3)14-20/h6-9,12-15H,4-5,10-11H2,1-3H3/b21-15+. The van der Waals surface area contributed by atoms with Gasteiger partial charge in [0.25, 0.3) is 5.91 Å². The number of aryl methyl sites for hydroxylation is 2. The molecular formula is C23H25NO3S2. The molecule has 0 spiro atoms. The lowest BCUT2D eigenvalue weighted by Crippen LogP contribution is -2.27. The zero-order valence-electron chi connectivity index (χ0n) is 16.9. The largest absolute Gasteiger partial charge is 0.493 e. The molecule has 152 valence electrons. The van der Waals surface area contributed by atoms with Crippen molar-refractivity contribution in [3.63, 3.8) is 0 Å². The highest BCUT2D eigenvalue weighted by Gasteiger charge is 2.30. The maximum absolute atomic E-state index is 12.3. The third-order valence-corrected chi connectivity index (χ3v) is 5.77. The molecule has 1 aliphatic rings. The van der Waals surface area contributed by atoms with Gasteiger partial charge < -0.3 is 9.47 Å². The number of rotatable bonds is 8. The number of amides is 1. The highest BCUT2D eigenvalue weighted by molar-refractivity contribution is 8.26. The van der Waals surface area contributed by atoms with E-state index in [1.54, 1.807) is 4.90 Å². The quantitative estimate of drug-likeness (QED) is 0.322. The molecule has 0 radical (unpaired) electrons. The van der Waals surface area contributed by atoms with Crippen LogP contribution >= 0.6 is 24.0 Å². The monoisotopic (exact) mass is 427 g/mol. The number of carbonyl (C=O) groups excluding carboxylic acids is 1. The Morgan fingerprint density at radius 1 is 1.00 bits per heavy atom. The fraction of sp³-hybridized carbons (Fsp3) is 0.304. The molecule has 0 N–H and O–H groups in total. The van der Waals surface area contributed by atoms with Gasteiger partial charge in [0.2, 0.25) is 0 Å². The van der Waals surface area contributed by atoms with E-state index in [4.69, 9.17) is 21.7 Å². The van der Waals surface area contributed by atoms with Gasteiger partial charge in [-0.05, 0) is 67.8 Å². The number of thiocarbonyl (C=S) groups is 1. The Kier molecular flexibility index (Phi) is 7.34. The number of thioether (sulfide) groups is 1. The van der Waals surface area contributed by atoms with E-state index in [0.29, 0.717) is 29.0 Å². The molecule has 3 rings (SSSR count). The van der Waals surface area contributed by atoms with Crippen LogP contribution in [0.5, 0.6) is 11.5 Å². The van der Waals surface area contributed by atoms with Gasteiger partial charge in [0.05, 0.1) is 18.1 Å². The van der Waals surface area contributed by atoms with Crippen LogP contribution in [-0.2, 0) is 4.79 Å². The Bertz CT molecular complexity index is 902. The third kappa shape index (κ3) is 5.84. The van der Waals surface area contributed by atoms with Gasteiger partial charge in [-0.1, -0.05) is 42.2 Å². The van der Waals surface area contributed by atoms with E-state index in [9.17, 15) is 4.79 Å². The number of hydrogen-bond acceptors (Lipinski definition) is 5. The first-order valence-corrected chi connectivity index (χ1v) is 10.9. The summed E-state index contributed by atoms with van der Waals surface area (Å²) in [4.78, 5) is 14.5. The van der Waals surface area contributed by atoms with Gasteiger partial charge in [0.15, 0.2) is 0 Å². The Morgan fingerprint density at radius 3 is 2.21 bits per heavy atom. The van der Waals surface area contributed by atoms with Crippen LogP contribution in [0.3, 0.4) is 0 Å². The minimum atomic E-state index is -0.0216. The number of carbonyl (C=O) groups is 1. The summed E-state index contributed by atoms with van der Waals surface area (Å²) >= 11 is 6.59. The molecule has 0 atom stereocenters. The smallest absolute Gasteiger partial charge is 0.266 e. The van der Waals surface area contributed by atoms with Crippen LogP contribution in [0.15, 0.2) is 47.4 Å². The number of nitrogens with zero attached hydrogens (tertiary/aromatic N) is 1. The van der Waals surface area contributed by atoms with E-state index in [2.05, 4.69) is 19.9 Å². The van der Waals surface area contributed by atoms with Crippen molar-refractivity contribution in [2.45, 2.75) is 27.2 Å². The molecule has 6 heteroatoms. The number of hydrogen-bond donors (Lipinski definition) is 0. The molecule has 0 unspecified atom stereocenters. The van der Waals surface area contributed by atoms with Crippen LogP contribution in [0, 0.1) is 13.8 Å². The predicted octanol–water partition coefficient (Wildman–Crippen LogP) is 5.37. The van der Waals surface area contributed by atoms with Crippen LogP contribution in [-0.4, -0.2) is 34.9 Å². The first-order chi connectivity index (χ1) is 14.0. The van der Waals surface area contributed by atoms with E-state index in [1.165, 1.54) is 22.9 Å². The van der Waals surface area contributed by atoms with Crippen LogP contribution < -0.4 is 9.47 Å². The van der Waals surface area contributed by atoms with Crippen molar-refractivity contribution >= 4 is 40.3 Å². The molecule has 0 saturated carbocycles. The lowest BCUT2D eigenvalue weighted by molar-refractivity contribution is -0.121. The fourth-order valence-corrected chi connectivity index (χ4v) is 4.42.